The van der Waals surface area contributed by atoms with E-state index in [1.165, 1.54) is 5.56 Å². The highest BCUT2D eigenvalue weighted by Gasteiger charge is 2.37. The fraction of sp³-hybridized carbons (Fsp3) is 0.588. The molecule has 2 rings (SSSR count). The summed E-state index contributed by atoms with van der Waals surface area (Å²) in [4.78, 5) is 11.4. The van der Waals surface area contributed by atoms with Gasteiger partial charge in [-0.1, -0.05) is 17.7 Å². The highest BCUT2D eigenvalue weighted by atomic mass is 16.5. The van der Waals surface area contributed by atoms with E-state index in [2.05, 4.69) is 18.3 Å². The van der Waals surface area contributed by atoms with Gasteiger partial charge in [-0.2, -0.15) is 0 Å². The second-order valence-corrected chi connectivity index (χ2v) is 6.28. The van der Waals surface area contributed by atoms with Gasteiger partial charge in [-0.05, 0) is 58.1 Å². The van der Waals surface area contributed by atoms with E-state index in [-0.39, 0.29) is 0 Å². The van der Waals surface area contributed by atoms with Crippen LogP contribution in [0.25, 0.3) is 0 Å². The Kier molecular flexibility index (Phi) is 4.88. The summed E-state index contributed by atoms with van der Waals surface area (Å²) in [5.41, 5.74) is 1.49. The molecule has 1 aliphatic carbocycles. The van der Waals surface area contributed by atoms with E-state index >= 15 is 0 Å². The molecule has 0 radical (unpaired) electrons. The summed E-state index contributed by atoms with van der Waals surface area (Å²) in [6.45, 7) is 6.39. The van der Waals surface area contributed by atoms with Crippen LogP contribution in [-0.4, -0.2) is 29.3 Å². The number of carboxylic acid groups (broad SMARTS) is 1. The maximum absolute atomic E-state index is 11.4. The number of hydrogen-bond donors (Lipinski definition) is 2. The molecular weight excluding hydrogens is 266 g/mol. The van der Waals surface area contributed by atoms with E-state index in [0.717, 1.165) is 30.6 Å². The average Bonchev–Trinajstić information content (AvgIpc) is 3.20. The molecule has 116 valence electrons. The van der Waals surface area contributed by atoms with E-state index in [4.69, 9.17) is 4.74 Å². The largest absolute Gasteiger partial charge is 0.493 e. The first-order valence-corrected chi connectivity index (χ1v) is 7.62. The molecular formula is C17H25NO3. The molecule has 0 aromatic heterocycles. The van der Waals surface area contributed by atoms with Gasteiger partial charge in [0.05, 0.1) is 6.61 Å². The van der Waals surface area contributed by atoms with Gasteiger partial charge >= 0.3 is 5.97 Å². The van der Waals surface area contributed by atoms with Crippen LogP contribution in [0, 0.1) is 13.8 Å². The number of rotatable bonds is 8. The van der Waals surface area contributed by atoms with Gasteiger partial charge in [0.25, 0.3) is 0 Å². The molecule has 0 spiro atoms. The molecule has 4 nitrogen and oxygen atoms in total. The summed E-state index contributed by atoms with van der Waals surface area (Å²) in [6.07, 6.45) is 3.46. The highest BCUT2D eigenvalue weighted by molar-refractivity contribution is 5.78. The van der Waals surface area contributed by atoms with Crippen LogP contribution in [0.3, 0.4) is 0 Å². The summed E-state index contributed by atoms with van der Waals surface area (Å²) in [5.74, 6) is 0.105. The number of hydrogen-bond acceptors (Lipinski definition) is 3. The molecule has 0 saturated heterocycles. The van der Waals surface area contributed by atoms with Crippen molar-refractivity contribution in [3.05, 3.63) is 29.3 Å². The van der Waals surface area contributed by atoms with Gasteiger partial charge < -0.3 is 9.84 Å². The Morgan fingerprint density at radius 3 is 2.71 bits per heavy atom. The van der Waals surface area contributed by atoms with E-state index in [9.17, 15) is 9.90 Å². The first-order chi connectivity index (χ1) is 9.90. The fourth-order valence-electron chi connectivity index (χ4n) is 2.49. The highest BCUT2D eigenvalue weighted by Crippen LogP contribution is 2.25. The molecule has 1 aromatic rings. The van der Waals surface area contributed by atoms with Crippen molar-refractivity contribution in [2.75, 3.05) is 6.61 Å². The van der Waals surface area contributed by atoms with Crippen molar-refractivity contribution in [3.8, 4) is 5.75 Å². The van der Waals surface area contributed by atoms with E-state index in [1.54, 1.807) is 6.92 Å². The Labute approximate surface area is 126 Å². The number of ether oxygens (including phenoxy) is 1. The molecule has 0 amide bonds. The second-order valence-electron chi connectivity index (χ2n) is 6.28. The Morgan fingerprint density at radius 1 is 1.43 bits per heavy atom. The van der Waals surface area contributed by atoms with Gasteiger partial charge in [0.1, 0.15) is 11.3 Å². The zero-order valence-corrected chi connectivity index (χ0v) is 13.1. The monoisotopic (exact) mass is 291 g/mol. The molecule has 1 atom stereocenters. The van der Waals surface area contributed by atoms with Crippen molar-refractivity contribution in [1.29, 1.82) is 0 Å². The second kappa shape index (κ2) is 6.48. The van der Waals surface area contributed by atoms with Crippen LogP contribution >= 0.6 is 0 Å². The third kappa shape index (κ3) is 4.46. The number of nitrogens with one attached hydrogen (secondary N) is 1. The third-order valence-corrected chi connectivity index (χ3v) is 3.98. The number of carboxylic acids is 1. The van der Waals surface area contributed by atoms with Crippen molar-refractivity contribution in [1.82, 2.24) is 5.32 Å². The zero-order chi connectivity index (χ0) is 15.5. The first-order valence-electron chi connectivity index (χ1n) is 7.62. The van der Waals surface area contributed by atoms with Crippen LogP contribution in [0.15, 0.2) is 18.2 Å². The minimum Gasteiger partial charge on any atom is -0.493 e. The van der Waals surface area contributed by atoms with Crippen LogP contribution in [0.1, 0.15) is 43.7 Å². The quantitative estimate of drug-likeness (QED) is 0.723. The molecule has 1 fully saturated rings. The van der Waals surface area contributed by atoms with Gasteiger partial charge in [0.15, 0.2) is 0 Å². The molecule has 0 aliphatic heterocycles. The van der Waals surface area contributed by atoms with Crippen molar-refractivity contribution >= 4 is 5.97 Å². The molecule has 1 aliphatic rings. The molecule has 1 unspecified atom stereocenters. The minimum atomic E-state index is -0.840. The third-order valence-electron chi connectivity index (χ3n) is 3.98. The molecule has 0 bridgehead atoms. The predicted molar refractivity (Wildman–Crippen MR) is 82.8 cm³/mol. The molecule has 1 aromatic carbocycles. The minimum absolute atomic E-state index is 0.381. The number of aliphatic carboxylic acids is 1. The lowest BCUT2D eigenvalue weighted by Gasteiger charge is -2.26. The van der Waals surface area contributed by atoms with Gasteiger partial charge in [0.2, 0.25) is 0 Å². The zero-order valence-electron chi connectivity index (χ0n) is 13.1. The van der Waals surface area contributed by atoms with E-state index in [1.807, 2.05) is 19.1 Å². The van der Waals surface area contributed by atoms with Crippen LogP contribution in [0.4, 0.5) is 0 Å². The normalized spacial score (nSPS) is 17.3. The lowest BCUT2D eigenvalue weighted by molar-refractivity contribution is -0.144. The summed E-state index contributed by atoms with van der Waals surface area (Å²) < 4.78 is 5.77. The van der Waals surface area contributed by atoms with Crippen LogP contribution in [-0.2, 0) is 4.79 Å². The Balaban J connectivity index is 1.80. The maximum atomic E-state index is 11.4. The summed E-state index contributed by atoms with van der Waals surface area (Å²) >= 11 is 0. The number of aryl methyl sites for hydroxylation is 2. The average molecular weight is 291 g/mol. The standard InChI is InChI=1S/C17H25NO3/c1-12-5-8-15(13(2)11-12)21-10-4-9-17(3,16(19)20)18-14-6-7-14/h5,8,11,14,18H,4,6-7,9-10H2,1-3H3,(H,19,20). The summed E-state index contributed by atoms with van der Waals surface area (Å²) in [7, 11) is 0. The van der Waals surface area contributed by atoms with Gasteiger partial charge in [-0.25, -0.2) is 0 Å². The lowest BCUT2D eigenvalue weighted by Crippen LogP contribution is -2.50. The van der Waals surface area contributed by atoms with Gasteiger partial charge in [-0.15, -0.1) is 0 Å². The number of benzene rings is 1. The van der Waals surface area contributed by atoms with Crippen molar-refractivity contribution in [2.45, 2.75) is 58.0 Å². The molecule has 4 heteroatoms. The molecule has 0 heterocycles. The van der Waals surface area contributed by atoms with Gasteiger partial charge in [0, 0.05) is 6.04 Å². The van der Waals surface area contributed by atoms with E-state index in [0.29, 0.717) is 19.1 Å². The maximum Gasteiger partial charge on any atom is 0.323 e. The number of carbonyl (C=O) groups is 1. The smallest absolute Gasteiger partial charge is 0.323 e. The Morgan fingerprint density at radius 2 is 2.14 bits per heavy atom. The topological polar surface area (TPSA) is 58.6 Å². The van der Waals surface area contributed by atoms with Crippen molar-refractivity contribution in [2.24, 2.45) is 0 Å². The van der Waals surface area contributed by atoms with Gasteiger partial charge in [-0.3, -0.25) is 10.1 Å². The molecule has 2 N–H and O–H groups in total. The predicted octanol–water partition coefficient (Wildman–Crippen LogP) is 3.06. The van der Waals surface area contributed by atoms with Crippen molar-refractivity contribution < 1.29 is 14.6 Å². The SMILES string of the molecule is Cc1ccc(OCCCC(C)(NC2CC2)C(=O)O)c(C)c1. The van der Waals surface area contributed by atoms with Crippen LogP contribution in [0.5, 0.6) is 5.75 Å². The Bertz CT molecular complexity index is 511. The Hall–Kier alpha value is -1.55. The molecule has 21 heavy (non-hydrogen) atoms. The first kappa shape index (κ1) is 15.8. The fourth-order valence-corrected chi connectivity index (χ4v) is 2.49. The van der Waals surface area contributed by atoms with E-state index < -0.39 is 11.5 Å². The van der Waals surface area contributed by atoms with Crippen molar-refractivity contribution in [3.63, 3.8) is 0 Å². The molecule has 1 saturated carbocycles. The van der Waals surface area contributed by atoms with Crippen LogP contribution in [0.2, 0.25) is 0 Å². The lowest BCUT2D eigenvalue weighted by atomic mass is 9.96. The van der Waals surface area contributed by atoms with Crippen LogP contribution < -0.4 is 10.1 Å². The summed E-state index contributed by atoms with van der Waals surface area (Å²) in [5, 5.41) is 12.6. The summed E-state index contributed by atoms with van der Waals surface area (Å²) in [6, 6.07) is 6.47.